The summed E-state index contributed by atoms with van der Waals surface area (Å²) in [4.78, 5) is 14.7. The standard InChI is InChI=1S/C26H36N6O/c1-20-17-32(25-6-5-21(16-27)26-24(25)4-3-9-28-26)19-23(33-20)18-30-10-7-22(8-11-30)31-14-12-29(2)13-15-31/h3-6,9,20,22-23H,7-8,10-15,17-19H2,1-2H3/t20-,23+/m1/s1. The van der Waals surface area contributed by atoms with Crippen molar-refractivity contribution >= 4 is 16.6 Å². The Balaban J connectivity index is 1.22. The maximum atomic E-state index is 9.48. The number of aromatic nitrogens is 1. The summed E-state index contributed by atoms with van der Waals surface area (Å²) in [5.41, 5.74) is 2.58. The van der Waals surface area contributed by atoms with Crippen molar-refractivity contribution in [1.82, 2.24) is 19.7 Å². The van der Waals surface area contributed by atoms with Crippen LogP contribution in [0.15, 0.2) is 30.5 Å². The first-order valence-electron chi connectivity index (χ1n) is 12.4. The Morgan fingerprint density at radius 3 is 2.61 bits per heavy atom. The van der Waals surface area contributed by atoms with Crippen molar-refractivity contribution in [3.8, 4) is 6.07 Å². The van der Waals surface area contributed by atoms with Crippen LogP contribution in [0.4, 0.5) is 5.69 Å². The van der Waals surface area contributed by atoms with E-state index >= 15 is 0 Å². The Bertz CT molecular complexity index is 990. The summed E-state index contributed by atoms with van der Waals surface area (Å²) < 4.78 is 6.39. The molecule has 176 valence electrons. The number of likely N-dealkylation sites (N-methyl/N-ethyl adjacent to an activating group) is 1. The van der Waals surface area contributed by atoms with E-state index in [4.69, 9.17) is 4.74 Å². The van der Waals surface area contributed by atoms with E-state index in [1.54, 1.807) is 6.20 Å². The molecule has 33 heavy (non-hydrogen) atoms. The maximum Gasteiger partial charge on any atom is 0.101 e. The van der Waals surface area contributed by atoms with Gasteiger partial charge in [-0.2, -0.15) is 5.26 Å². The summed E-state index contributed by atoms with van der Waals surface area (Å²) in [6.07, 6.45) is 4.66. The molecule has 0 saturated carbocycles. The Kier molecular flexibility index (Phi) is 6.79. The van der Waals surface area contributed by atoms with Gasteiger partial charge < -0.3 is 19.4 Å². The summed E-state index contributed by atoms with van der Waals surface area (Å²) in [5, 5.41) is 10.5. The number of pyridine rings is 1. The number of fused-ring (bicyclic) bond motifs is 1. The van der Waals surface area contributed by atoms with Crippen LogP contribution in [0.5, 0.6) is 0 Å². The van der Waals surface area contributed by atoms with Crippen LogP contribution in [0, 0.1) is 11.3 Å². The van der Waals surface area contributed by atoms with Crippen molar-refractivity contribution in [2.45, 2.75) is 38.0 Å². The third kappa shape index (κ3) is 4.99. The zero-order chi connectivity index (χ0) is 22.8. The zero-order valence-electron chi connectivity index (χ0n) is 20.0. The Hall–Kier alpha value is -2.24. The molecule has 1 aromatic heterocycles. The van der Waals surface area contributed by atoms with Crippen LogP contribution < -0.4 is 4.90 Å². The quantitative estimate of drug-likeness (QED) is 0.712. The molecule has 0 unspecified atom stereocenters. The molecule has 0 N–H and O–H groups in total. The number of rotatable bonds is 4. The van der Waals surface area contributed by atoms with Crippen LogP contribution in [-0.4, -0.2) is 104 Å². The fourth-order valence-electron chi connectivity index (χ4n) is 5.81. The van der Waals surface area contributed by atoms with Gasteiger partial charge in [-0.25, -0.2) is 0 Å². The molecular formula is C26H36N6O. The van der Waals surface area contributed by atoms with Crippen LogP contribution in [-0.2, 0) is 4.74 Å². The van der Waals surface area contributed by atoms with Gasteiger partial charge in [-0.3, -0.25) is 9.88 Å². The van der Waals surface area contributed by atoms with Gasteiger partial charge in [0.2, 0.25) is 0 Å². The van der Waals surface area contributed by atoms with Crippen molar-refractivity contribution < 1.29 is 4.74 Å². The monoisotopic (exact) mass is 448 g/mol. The van der Waals surface area contributed by atoms with Crippen molar-refractivity contribution in [2.24, 2.45) is 0 Å². The number of hydrogen-bond acceptors (Lipinski definition) is 7. The highest BCUT2D eigenvalue weighted by atomic mass is 16.5. The zero-order valence-corrected chi connectivity index (χ0v) is 20.0. The van der Waals surface area contributed by atoms with Crippen molar-refractivity contribution in [1.29, 1.82) is 5.26 Å². The van der Waals surface area contributed by atoms with Crippen LogP contribution in [0.1, 0.15) is 25.3 Å². The summed E-state index contributed by atoms with van der Waals surface area (Å²) in [7, 11) is 2.23. The fourth-order valence-corrected chi connectivity index (χ4v) is 5.81. The van der Waals surface area contributed by atoms with E-state index in [0.29, 0.717) is 5.56 Å². The van der Waals surface area contributed by atoms with E-state index in [9.17, 15) is 5.26 Å². The number of likely N-dealkylation sites (tertiary alicyclic amines) is 1. The molecule has 3 saturated heterocycles. The number of piperidine rings is 1. The number of nitrogens with zero attached hydrogens (tertiary/aromatic N) is 6. The Morgan fingerprint density at radius 1 is 1.06 bits per heavy atom. The van der Waals surface area contributed by atoms with Crippen LogP contribution >= 0.6 is 0 Å². The molecule has 4 heterocycles. The molecular weight excluding hydrogens is 412 g/mol. The van der Waals surface area contributed by atoms with Gasteiger partial charge in [-0.1, -0.05) is 0 Å². The molecule has 7 heteroatoms. The predicted octanol–water partition coefficient (Wildman–Crippen LogP) is 2.41. The molecule has 0 spiro atoms. The van der Waals surface area contributed by atoms with E-state index in [0.717, 1.165) is 55.4 Å². The Labute approximate surface area is 197 Å². The van der Waals surface area contributed by atoms with Gasteiger partial charge in [0.1, 0.15) is 6.07 Å². The Morgan fingerprint density at radius 2 is 1.85 bits per heavy atom. The highest BCUT2D eigenvalue weighted by molar-refractivity contribution is 5.95. The van der Waals surface area contributed by atoms with Gasteiger partial charge in [-0.15, -0.1) is 0 Å². The highest BCUT2D eigenvalue weighted by Crippen LogP contribution is 2.30. The molecule has 5 rings (SSSR count). The van der Waals surface area contributed by atoms with Crippen LogP contribution in [0.2, 0.25) is 0 Å². The SMILES string of the molecule is C[C@@H]1CN(c2ccc(C#N)c3ncccc23)C[C@H](CN2CCC(N3CCN(C)CC3)CC2)O1. The maximum absolute atomic E-state index is 9.48. The third-order valence-electron chi connectivity index (χ3n) is 7.61. The minimum absolute atomic E-state index is 0.175. The smallest absolute Gasteiger partial charge is 0.101 e. The average Bonchev–Trinajstić information content (AvgIpc) is 2.84. The second-order valence-corrected chi connectivity index (χ2v) is 9.99. The molecule has 0 amide bonds. The number of anilines is 1. The number of nitriles is 1. The van der Waals surface area contributed by atoms with E-state index in [-0.39, 0.29) is 12.2 Å². The molecule has 2 aromatic rings. The topological polar surface area (TPSA) is 58.9 Å². The number of piperazine rings is 1. The first-order valence-corrected chi connectivity index (χ1v) is 12.4. The summed E-state index contributed by atoms with van der Waals surface area (Å²) in [6, 6.07) is 11.1. The molecule has 3 fully saturated rings. The van der Waals surface area contributed by atoms with Gasteiger partial charge >= 0.3 is 0 Å². The first kappa shape index (κ1) is 22.5. The molecule has 0 bridgehead atoms. The molecule has 0 radical (unpaired) electrons. The van der Waals surface area contributed by atoms with Gasteiger partial charge in [0.25, 0.3) is 0 Å². The predicted molar refractivity (Wildman–Crippen MR) is 132 cm³/mol. The van der Waals surface area contributed by atoms with Gasteiger partial charge in [-0.05, 0) is 64.2 Å². The fraction of sp³-hybridized carbons (Fsp3) is 0.615. The second kappa shape index (κ2) is 9.94. The minimum Gasteiger partial charge on any atom is -0.370 e. The van der Waals surface area contributed by atoms with E-state index < -0.39 is 0 Å². The van der Waals surface area contributed by atoms with Gasteiger partial charge in [0.05, 0.1) is 23.3 Å². The minimum atomic E-state index is 0.175. The number of benzene rings is 1. The molecule has 3 aliphatic heterocycles. The summed E-state index contributed by atoms with van der Waals surface area (Å²) in [5.74, 6) is 0. The molecule has 7 nitrogen and oxygen atoms in total. The molecule has 2 atom stereocenters. The number of ether oxygens (including phenoxy) is 1. The van der Waals surface area contributed by atoms with Crippen LogP contribution in [0.25, 0.3) is 10.9 Å². The van der Waals surface area contributed by atoms with E-state index in [2.05, 4.69) is 56.8 Å². The van der Waals surface area contributed by atoms with Crippen molar-refractivity contribution in [2.75, 3.05) is 70.9 Å². The van der Waals surface area contributed by atoms with Gasteiger partial charge in [0.15, 0.2) is 0 Å². The lowest BCUT2D eigenvalue weighted by molar-refractivity contribution is -0.0385. The highest BCUT2D eigenvalue weighted by Gasteiger charge is 2.31. The number of morpholine rings is 1. The van der Waals surface area contributed by atoms with Crippen LogP contribution in [0.3, 0.4) is 0 Å². The third-order valence-corrected chi connectivity index (χ3v) is 7.61. The first-order chi connectivity index (χ1) is 16.1. The van der Waals surface area contributed by atoms with Crippen molar-refractivity contribution in [3.63, 3.8) is 0 Å². The lowest BCUT2D eigenvalue weighted by atomic mass is 10.0. The second-order valence-electron chi connectivity index (χ2n) is 9.99. The number of hydrogen-bond donors (Lipinski definition) is 0. The lowest BCUT2D eigenvalue weighted by Gasteiger charge is -2.44. The molecule has 3 aliphatic rings. The largest absolute Gasteiger partial charge is 0.370 e. The lowest BCUT2D eigenvalue weighted by Crippen LogP contribution is -2.55. The molecule has 1 aromatic carbocycles. The summed E-state index contributed by atoms with van der Waals surface area (Å²) >= 11 is 0. The van der Waals surface area contributed by atoms with E-state index in [1.807, 2.05) is 12.1 Å². The normalized spacial score (nSPS) is 26.5. The van der Waals surface area contributed by atoms with Gasteiger partial charge in [0, 0.05) is 69.1 Å². The van der Waals surface area contributed by atoms with Crippen molar-refractivity contribution in [3.05, 3.63) is 36.0 Å². The summed E-state index contributed by atoms with van der Waals surface area (Å²) in [6.45, 7) is 12.0. The molecule has 0 aliphatic carbocycles. The average molecular weight is 449 g/mol. The van der Waals surface area contributed by atoms with E-state index in [1.165, 1.54) is 39.0 Å².